The Morgan fingerprint density at radius 2 is 1.90 bits per heavy atom. The van der Waals surface area contributed by atoms with Crippen LogP contribution in [-0.2, 0) is 22.4 Å². The number of methoxy groups -OCH3 is 1. The average molecular weight is 555 g/mol. The van der Waals surface area contributed by atoms with Gasteiger partial charge in [-0.25, -0.2) is 9.31 Å². The van der Waals surface area contributed by atoms with Crippen LogP contribution < -0.4 is 10.3 Å². The van der Waals surface area contributed by atoms with E-state index in [1.165, 1.54) is 0 Å². The van der Waals surface area contributed by atoms with Crippen LogP contribution in [0.2, 0.25) is 0 Å². The maximum Gasteiger partial charge on any atom is 0.329 e. The monoisotopic (exact) mass is 554 g/mol. The van der Waals surface area contributed by atoms with Crippen molar-refractivity contribution in [3.8, 4) is 22.9 Å². The summed E-state index contributed by atoms with van der Waals surface area (Å²) in [5, 5.41) is 23.2. The van der Waals surface area contributed by atoms with Crippen molar-refractivity contribution in [2.75, 3.05) is 13.7 Å². The highest BCUT2D eigenvalue weighted by molar-refractivity contribution is 5.76. The molecule has 2 heterocycles. The van der Waals surface area contributed by atoms with Crippen LogP contribution in [0, 0.1) is 11.3 Å². The number of aliphatic carboxylic acids is 1. The van der Waals surface area contributed by atoms with Gasteiger partial charge in [0.1, 0.15) is 18.0 Å². The summed E-state index contributed by atoms with van der Waals surface area (Å²) >= 11 is 0. The van der Waals surface area contributed by atoms with Gasteiger partial charge in [-0.1, -0.05) is 43.7 Å². The first-order chi connectivity index (χ1) is 19.9. The number of aromatic nitrogens is 3. The Kier molecular flexibility index (Phi) is 8.50. The minimum absolute atomic E-state index is 0.0192. The number of nitrogens with zero attached hydrogens (tertiary/aromatic N) is 4. The van der Waals surface area contributed by atoms with Crippen LogP contribution in [0.4, 0.5) is 0 Å². The van der Waals surface area contributed by atoms with Crippen molar-refractivity contribution in [3.63, 3.8) is 0 Å². The van der Waals surface area contributed by atoms with Crippen molar-refractivity contribution in [3.05, 3.63) is 87.5 Å². The molecule has 1 saturated carbocycles. The molecule has 0 aliphatic heterocycles. The second-order valence-corrected chi connectivity index (χ2v) is 10.5. The van der Waals surface area contributed by atoms with Crippen LogP contribution in [-0.4, -0.2) is 45.1 Å². The normalized spacial score (nSPS) is 16.9. The van der Waals surface area contributed by atoms with Crippen LogP contribution in [0.3, 0.4) is 0 Å². The molecule has 0 atom stereocenters. The smallest absolute Gasteiger partial charge is 0.329 e. The number of rotatable bonds is 10. The Bertz CT molecular complexity index is 1660. The number of nitriles is 1. The van der Waals surface area contributed by atoms with Crippen LogP contribution in [0.5, 0.6) is 5.75 Å². The molecule has 2 aromatic carbocycles. The Balaban J connectivity index is 1.52. The number of carboxylic acid groups (broad SMARTS) is 1. The molecule has 1 aliphatic carbocycles. The number of benzene rings is 2. The van der Waals surface area contributed by atoms with Gasteiger partial charge in [-0.3, -0.25) is 9.36 Å². The molecule has 0 spiro atoms. The molecule has 41 heavy (non-hydrogen) atoms. The number of aryl methyl sites for hydroxylation is 1. The SMILES string of the molecule is CCCc1c(Cc2ccc(-c3ccccc3C#N)c(OC)c2)c(=O)n(C2CCC(OCC(=O)O)CC2)c2ccnn12. The Hall–Kier alpha value is -4.42. The summed E-state index contributed by atoms with van der Waals surface area (Å²) in [5.74, 6) is -0.332. The van der Waals surface area contributed by atoms with Gasteiger partial charge < -0.3 is 14.6 Å². The van der Waals surface area contributed by atoms with E-state index in [0.29, 0.717) is 42.6 Å². The lowest BCUT2D eigenvalue weighted by atomic mass is 9.92. The van der Waals surface area contributed by atoms with Crippen molar-refractivity contribution in [2.24, 2.45) is 0 Å². The molecule has 9 heteroatoms. The molecule has 0 saturated heterocycles. The van der Waals surface area contributed by atoms with E-state index in [1.54, 1.807) is 19.4 Å². The lowest BCUT2D eigenvalue weighted by Crippen LogP contribution is -2.35. The molecular formula is C32H34N4O5. The molecule has 0 unspecified atom stereocenters. The summed E-state index contributed by atoms with van der Waals surface area (Å²) in [6.07, 6.45) is 6.44. The van der Waals surface area contributed by atoms with Crippen LogP contribution in [0.15, 0.2) is 59.5 Å². The predicted octanol–water partition coefficient (Wildman–Crippen LogP) is 5.17. The standard InChI is InChI=1S/C32H34N4O5/c1-3-6-28-27(17-21-9-14-26(29(18-21)40-2)25-8-5-4-7-22(25)19-33)32(39)35(30-15-16-34-36(28)30)23-10-12-24(13-11-23)41-20-31(37)38/h4-5,7-9,14-16,18,23-24H,3,6,10-13,17,20H2,1-2H3,(H,37,38). The maximum absolute atomic E-state index is 14.2. The fourth-order valence-electron chi connectivity index (χ4n) is 5.96. The van der Waals surface area contributed by atoms with E-state index in [4.69, 9.17) is 14.6 Å². The topological polar surface area (TPSA) is 119 Å². The number of carboxylic acids is 1. The number of hydrogen-bond acceptors (Lipinski definition) is 6. The molecule has 0 radical (unpaired) electrons. The third-order valence-corrected chi connectivity index (χ3v) is 7.87. The first-order valence-electron chi connectivity index (χ1n) is 14.0. The quantitative estimate of drug-likeness (QED) is 0.287. The molecule has 5 rings (SSSR count). The lowest BCUT2D eigenvalue weighted by Gasteiger charge is -2.30. The number of ether oxygens (including phenoxy) is 2. The van der Waals surface area contributed by atoms with Crippen LogP contribution in [0.25, 0.3) is 16.8 Å². The Morgan fingerprint density at radius 1 is 1.12 bits per heavy atom. The highest BCUT2D eigenvalue weighted by Crippen LogP contribution is 2.34. The van der Waals surface area contributed by atoms with E-state index in [-0.39, 0.29) is 24.3 Å². The minimum atomic E-state index is -0.973. The van der Waals surface area contributed by atoms with Crippen LogP contribution in [0.1, 0.15) is 67.5 Å². The predicted molar refractivity (Wildman–Crippen MR) is 154 cm³/mol. The van der Waals surface area contributed by atoms with Gasteiger partial charge in [0.25, 0.3) is 5.56 Å². The van der Waals surface area contributed by atoms with E-state index in [1.807, 2.05) is 51.5 Å². The van der Waals surface area contributed by atoms with Gasteiger partial charge in [-0.05, 0) is 49.8 Å². The van der Waals surface area contributed by atoms with E-state index in [9.17, 15) is 14.9 Å². The molecule has 9 nitrogen and oxygen atoms in total. The van der Waals surface area contributed by atoms with Crippen molar-refractivity contribution in [1.82, 2.24) is 14.2 Å². The first-order valence-corrected chi connectivity index (χ1v) is 14.0. The fourth-order valence-corrected chi connectivity index (χ4v) is 5.96. The van der Waals surface area contributed by atoms with E-state index in [0.717, 1.165) is 47.3 Å². The van der Waals surface area contributed by atoms with E-state index in [2.05, 4.69) is 18.1 Å². The van der Waals surface area contributed by atoms with Gasteiger partial charge in [0, 0.05) is 35.2 Å². The minimum Gasteiger partial charge on any atom is -0.496 e. The first kappa shape index (κ1) is 28.1. The van der Waals surface area contributed by atoms with Gasteiger partial charge in [-0.15, -0.1) is 0 Å². The second kappa shape index (κ2) is 12.4. The summed E-state index contributed by atoms with van der Waals surface area (Å²) in [4.78, 5) is 25.2. The van der Waals surface area contributed by atoms with Crippen molar-refractivity contribution in [2.45, 2.75) is 64.0 Å². The Labute approximate surface area is 238 Å². The molecule has 1 N–H and O–H groups in total. The molecule has 0 bridgehead atoms. The van der Waals surface area contributed by atoms with E-state index >= 15 is 0 Å². The molecule has 212 valence electrons. The Morgan fingerprint density at radius 3 is 2.61 bits per heavy atom. The van der Waals surface area contributed by atoms with Crippen molar-refractivity contribution >= 4 is 11.6 Å². The molecule has 4 aromatic rings. The third-order valence-electron chi connectivity index (χ3n) is 7.87. The maximum atomic E-state index is 14.2. The molecule has 1 aliphatic rings. The van der Waals surface area contributed by atoms with Gasteiger partial charge in [0.15, 0.2) is 0 Å². The third kappa shape index (κ3) is 5.74. The van der Waals surface area contributed by atoms with Crippen LogP contribution >= 0.6 is 0 Å². The lowest BCUT2D eigenvalue weighted by molar-refractivity contribution is -0.145. The molecule has 1 fully saturated rings. The second-order valence-electron chi connectivity index (χ2n) is 10.5. The molecule has 0 amide bonds. The van der Waals surface area contributed by atoms with Gasteiger partial charge >= 0.3 is 5.97 Å². The highest BCUT2D eigenvalue weighted by atomic mass is 16.5. The number of carbonyl (C=O) groups is 1. The zero-order valence-electron chi connectivity index (χ0n) is 23.4. The zero-order valence-corrected chi connectivity index (χ0v) is 23.4. The summed E-state index contributed by atoms with van der Waals surface area (Å²) in [5.41, 5.74) is 5.49. The van der Waals surface area contributed by atoms with Crippen molar-refractivity contribution in [1.29, 1.82) is 5.26 Å². The summed E-state index contributed by atoms with van der Waals surface area (Å²) < 4.78 is 15.1. The molecular weight excluding hydrogens is 520 g/mol. The summed E-state index contributed by atoms with van der Waals surface area (Å²) in [6, 6.07) is 17.4. The number of hydrogen-bond donors (Lipinski definition) is 1. The molecule has 2 aromatic heterocycles. The largest absolute Gasteiger partial charge is 0.496 e. The van der Waals surface area contributed by atoms with E-state index < -0.39 is 5.97 Å². The summed E-state index contributed by atoms with van der Waals surface area (Å²) in [7, 11) is 1.61. The fraction of sp³-hybridized carbons (Fsp3) is 0.375. The average Bonchev–Trinajstić information content (AvgIpc) is 3.47. The van der Waals surface area contributed by atoms with Gasteiger partial charge in [0.05, 0.1) is 36.7 Å². The van der Waals surface area contributed by atoms with Gasteiger partial charge in [-0.2, -0.15) is 10.4 Å². The summed E-state index contributed by atoms with van der Waals surface area (Å²) in [6.45, 7) is 1.79. The van der Waals surface area contributed by atoms with Gasteiger partial charge in [0.2, 0.25) is 0 Å². The van der Waals surface area contributed by atoms with Crippen molar-refractivity contribution < 1.29 is 19.4 Å². The zero-order chi connectivity index (χ0) is 28.9. The highest BCUT2D eigenvalue weighted by Gasteiger charge is 2.28. The number of fused-ring (bicyclic) bond motifs is 1.